The van der Waals surface area contributed by atoms with Crippen LogP contribution in [-0.2, 0) is 20.7 Å². The number of carbonyl (C=O) groups excluding carboxylic acids is 1. The second kappa shape index (κ2) is 5.92. The molecule has 1 amide bonds. The molecular weight excluding hydrogens is 260 g/mol. The zero-order valence-electron chi connectivity index (χ0n) is 11.1. The van der Waals surface area contributed by atoms with E-state index < -0.39 is 11.5 Å². The number of nitrogen functional groups attached to an aromatic ring is 1. The highest BCUT2D eigenvalue weighted by molar-refractivity contribution is 5.88. The van der Waals surface area contributed by atoms with E-state index in [9.17, 15) is 14.7 Å². The summed E-state index contributed by atoms with van der Waals surface area (Å²) in [6, 6.07) is 6.94. The lowest BCUT2D eigenvalue weighted by Crippen LogP contribution is -2.57. The first kappa shape index (κ1) is 14.3. The molecule has 0 aromatic heterocycles. The van der Waals surface area contributed by atoms with Gasteiger partial charge >= 0.3 is 5.97 Å². The van der Waals surface area contributed by atoms with Crippen molar-refractivity contribution < 1.29 is 19.4 Å². The molecule has 0 radical (unpaired) electrons. The third kappa shape index (κ3) is 3.27. The standard InChI is InChI=1S/C14H18N2O4/c15-11-3-1-10(2-4-11)9-12(17)16-14(13(18)19)5-7-20-8-6-14/h1-4H,5-9,15H2,(H,16,17)(H,18,19). The number of carboxylic acids is 1. The first-order valence-electron chi connectivity index (χ1n) is 6.48. The zero-order valence-corrected chi connectivity index (χ0v) is 11.1. The minimum absolute atomic E-state index is 0.135. The summed E-state index contributed by atoms with van der Waals surface area (Å²) in [4.78, 5) is 23.5. The van der Waals surface area contributed by atoms with Gasteiger partial charge in [0, 0.05) is 31.7 Å². The molecule has 108 valence electrons. The van der Waals surface area contributed by atoms with Gasteiger partial charge in [-0.1, -0.05) is 12.1 Å². The number of ether oxygens (including phenoxy) is 1. The number of nitrogens with two attached hydrogens (primary N) is 1. The Bertz CT molecular complexity index is 492. The minimum Gasteiger partial charge on any atom is -0.480 e. The number of amides is 1. The third-order valence-electron chi connectivity index (χ3n) is 3.48. The average Bonchev–Trinajstić information content (AvgIpc) is 2.42. The maximum Gasteiger partial charge on any atom is 0.329 e. The second-order valence-electron chi connectivity index (χ2n) is 4.97. The topological polar surface area (TPSA) is 102 Å². The van der Waals surface area contributed by atoms with E-state index in [2.05, 4.69) is 5.32 Å². The molecule has 1 aliphatic rings. The van der Waals surface area contributed by atoms with Crippen LogP contribution in [0.2, 0.25) is 0 Å². The van der Waals surface area contributed by atoms with E-state index in [1.807, 2.05) is 0 Å². The number of nitrogens with one attached hydrogen (secondary N) is 1. The van der Waals surface area contributed by atoms with Gasteiger partial charge in [-0.25, -0.2) is 4.79 Å². The molecule has 2 rings (SSSR count). The Hall–Kier alpha value is -2.08. The molecule has 0 bridgehead atoms. The van der Waals surface area contributed by atoms with Crippen molar-refractivity contribution in [3.8, 4) is 0 Å². The van der Waals surface area contributed by atoms with Crippen molar-refractivity contribution in [3.63, 3.8) is 0 Å². The smallest absolute Gasteiger partial charge is 0.329 e. The average molecular weight is 278 g/mol. The predicted molar refractivity (Wildman–Crippen MR) is 73.1 cm³/mol. The van der Waals surface area contributed by atoms with Crippen molar-refractivity contribution in [2.24, 2.45) is 0 Å². The molecule has 6 nitrogen and oxygen atoms in total. The Morgan fingerprint density at radius 3 is 2.40 bits per heavy atom. The van der Waals surface area contributed by atoms with Crippen LogP contribution in [-0.4, -0.2) is 35.7 Å². The molecule has 0 atom stereocenters. The van der Waals surface area contributed by atoms with Crippen LogP contribution in [0.15, 0.2) is 24.3 Å². The fraction of sp³-hybridized carbons (Fsp3) is 0.429. The van der Waals surface area contributed by atoms with Gasteiger partial charge < -0.3 is 20.9 Å². The Balaban J connectivity index is 2.01. The van der Waals surface area contributed by atoms with Crippen molar-refractivity contribution >= 4 is 17.6 Å². The fourth-order valence-corrected chi connectivity index (χ4v) is 2.24. The number of rotatable bonds is 4. The maximum absolute atomic E-state index is 12.0. The number of benzene rings is 1. The predicted octanol–water partition coefficient (Wildman–Crippen LogP) is 0.561. The number of anilines is 1. The Kier molecular flexibility index (Phi) is 4.24. The minimum atomic E-state index is -1.21. The summed E-state index contributed by atoms with van der Waals surface area (Å²) in [5.74, 6) is -1.31. The van der Waals surface area contributed by atoms with Crippen LogP contribution in [0, 0.1) is 0 Å². The Labute approximate surface area is 116 Å². The molecule has 1 aromatic carbocycles. The molecule has 0 aliphatic carbocycles. The summed E-state index contributed by atoms with van der Waals surface area (Å²) in [5, 5.41) is 12.0. The van der Waals surface area contributed by atoms with Crippen molar-refractivity contribution in [2.45, 2.75) is 24.8 Å². The molecule has 4 N–H and O–H groups in total. The van der Waals surface area contributed by atoms with E-state index in [4.69, 9.17) is 10.5 Å². The van der Waals surface area contributed by atoms with Crippen LogP contribution in [0.3, 0.4) is 0 Å². The quantitative estimate of drug-likeness (QED) is 0.699. The van der Waals surface area contributed by atoms with Gasteiger partial charge in [0.2, 0.25) is 5.91 Å². The number of carbonyl (C=O) groups is 2. The van der Waals surface area contributed by atoms with Crippen LogP contribution >= 0.6 is 0 Å². The van der Waals surface area contributed by atoms with E-state index in [1.54, 1.807) is 24.3 Å². The zero-order chi connectivity index (χ0) is 14.6. The lowest BCUT2D eigenvalue weighted by molar-refractivity contribution is -0.152. The van der Waals surface area contributed by atoms with Crippen LogP contribution in [0.1, 0.15) is 18.4 Å². The summed E-state index contributed by atoms with van der Waals surface area (Å²) in [6.07, 6.45) is 0.710. The first-order valence-corrected chi connectivity index (χ1v) is 6.48. The molecule has 1 saturated heterocycles. The molecule has 0 spiro atoms. The lowest BCUT2D eigenvalue weighted by atomic mass is 9.90. The van der Waals surface area contributed by atoms with Crippen molar-refractivity contribution in [1.29, 1.82) is 0 Å². The third-order valence-corrected chi connectivity index (χ3v) is 3.48. The molecular formula is C14H18N2O4. The van der Waals surface area contributed by atoms with Gasteiger partial charge in [0.1, 0.15) is 5.54 Å². The van der Waals surface area contributed by atoms with Gasteiger partial charge in [-0.2, -0.15) is 0 Å². The summed E-state index contributed by atoms with van der Waals surface area (Å²) >= 11 is 0. The second-order valence-corrected chi connectivity index (χ2v) is 4.97. The normalized spacial score (nSPS) is 17.4. The summed E-state index contributed by atoms with van der Waals surface area (Å²) < 4.78 is 5.16. The molecule has 1 heterocycles. The highest BCUT2D eigenvalue weighted by Gasteiger charge is 2.41. The van der Waals surface area contributed by atoms with Crippen LogP contribution in [0.25, 0.3) is 0 Å². The summed E-state index contributed by atoms with van der Waals surface area (Å²) in [7, 11) is 0. The van der Waals surface area contributed by atoms with Gasteiger partial charge in [0.25, 0.3) is 0 Å². The summed E-state index contributed by atoms with van der Waals surface area (Å²) in [6.45, 7) is 0.683. The molecule has 1 aromatic rings. The van der Waals surface area contributed by atoms with Crippen LogP contribution < -0.4 is 11.1 Å². The lowest BCUT2D eigenvalue weighted by Gasteiger charge is -2.33. The van der Waals surface area contributed by atoms with Crippen LogP contribution in [0.4, 0.5) is 5.69 Å². The van der Waals surface area contributed by atoms with Crippen molar-refractivity contribution in [3.05, 3.63) is 29.8 Å². The Morgan fingerprint density at radius 2 is 1.85 bits per heavy atom. The molecule has 6 heteroatoms. The molecule has 0 unspecified atom stereocenters. The highest BCUT2D eigenvalue weighted by Crippen LogP contribution is 2.21. The van der Waals surface area contributed by atoms with Gasteiger partial charge in [0.15, 0.2) is 0 Å². The van der Waals surface area contributed by atoms with Crippen molar-refractivity contribution in [1.82, 2.24) is 5.32 Å². The van der Waals surface area contributed by atoms with E-state index in [1.165, 1.54) is 0 Å². The number of carboxylic acid groups (broad SMARTS) is 1. The van der Waals surface area contributed by atoms with E-state index in [0.29, 0.717) is 18.9 Å². The van der Waals surface area contributed by atoms with E-state index in [0.717, 1.165) is 5.56 Å². The van der Waals surface area contributed by atoms with Gasteiger partial charge in [-0.05, 0) is 17.7 Å². The monoisotopic (exact) mass is 278 g/mol. The number of hydrogen-bond acceptors (Lipinski definition) is 4. The molecule has 1 fully saturated rings. The fourth-order valence-electron chi connectivity index (χ4n) is 2.24. The van der Waals surface area contributed by atoms with Gasteiger partial charge in [-0.3, -0.25) is 4.79 Å². The highest BCUT2D eigenvalue weighted by atomic mass is 16.5. The van der Waals surface area contributed by atoms with Crippen molar-refractivity contribution in [2.75, 3.05) is 18.9 Å². The van der Waals surface area contributed by atoms with Crippen LogP contribution in [0.5, 0.6) is 0 Å². The number of aliphatic carboxylic acids is 1. The van der Waals surface area contributed by atoms with Gasteiger partial charge in [-0.15, -0.1) is 0 Å². The maximum atomic E-state index is 12.0. The van der Waals surface area contributed by atoms with Gasteiger partial charge in [0.05, 0.1) is 6.42 Å². The largest absolute Gasteiger partial charge is 0.480 e. The van der Waals surface area contributed by atoms with E-state index in [-0.39, 0.29) is 25.2 Å². The first-order chi connectivity index (χ1) is 9.52. The van der Waals surface area contributed by atoms with E-state index >= 15 is 0 Å². The summed E-state index contributed by atoms with van der Waals surface area (Å²) in [5.41, 5.74) is 5.79. The molecule has 1 aliphatic heterocycles. The number of hydrogen-bond donors (Lipinski definition) is 3. The molecule has 0 saturated carbocycles. The Morgan fingerprint density at radius 1 is 1.25 bits per heavy atom. The SMILES string of the molecule is Nc1ccc(CC(=O)NC2(C(=O)O)CCOCC2)cc1. The molecule has 20 heavy (non-hydrogen) atoms.